The fourth-order valence-corrected chi connectivity index (χ4v) is 2.46. The number of ether oxygens (including phenoxy) is 2. The van der Waals surface area contributed by atoms with Crippen molar-refractivity contribution in [2.24, 2.45) is 11.7 Å². The number of carbonyl (C=O) groups is 1. The predicted molar refractivity (Wildman–Crippen MR) is 70.1 cm³/mol. The molecular formula is C14H18N2O3. The van der Waals surface area contributed by atoms with Gasteiger partial charge in [0, 0.05) is 12.6 Å². The first kappa shape index (κ1) is 12.3. The Bertz CT molecular complexity index is 472. The van der Waals surface area contributed by atoms with Gasteiger partial charge in [0.2, 0.25) is 6.10 Å². The Balaban J connectivity index is 1.51. The molecule has 1 atom stereocenters. The van der Waals surface area contributed by atoms with E-state index in [4.69, 9.17) is 15.2 Å². The van der Waals surface area contributed by atoms with Crippen LogP contribution in [0.25, 0.3) is 0 Å². The molecule has 0 spiro atoms. The SMILES string of the molecule is NC1CC(CNC(=O)C2COc3ccccc3O2)C1. The number of benzene rings is 1. The van der Waals surface area contributed by atoms with Crippen molar-refractivity contribution in [3.05, 3.63) is 24.3 Å². The second-order valence-corrected chi connectivity index (χ2v) is 5.21. The number of amides is 1. The van der Waals surface area contributed by atoms with Gasteiger partial charge in [-0.25, -0.2) is 0 Å². The fourth-order valence-electron chi connectivity index (χ4n) is 2.46. The first-order chi connectivity index (χ1) is 9.22. The minimum Gasteiger partial charge on any atom is -0.485 e. The van der Waals surface area contributed by atoms with Crippen LogP contribution in [0.4, 0.5) is 0 Å². The summed E-state index contributed by atoms with van der Waals surface area (Å²) in [6, 6.07) is 7.68. The van der Waals surface area contributed by atoms with Crippen molar-refractivity contribution in [2.45, 2.75) is 25.0 Å². The van der Waals surface area contributed by atoms with Crippen molar-refractivity contribution in [2.75, 3.05) is 13.2 Å². The summed E-state index contributed by atoms with van der Waals surface area (Å²) in [5, 5.41) is 2.91. The Kier molecular flexibility index (Phi) is 3.29. The zero-order valence-corrected chi connectivity index (χ0v) is 10.7. The monoisotopic (exact) mass is 262 g/mol. The molecule has 0 bridgehead atoms. The Labute approximate surface area is 112 Å². The van der Waals surface area contributed by atoms with Crippen LogP contribution in [-0.4, -0.2) is 31.2 Å². The molecule has 1 heterocycles. The fraction of sp³-hybridized carbons (Fsp3) is 0.500. The van der Waals surface area contributed by atoms with Crippen molar-refractivity contribution >= 4 is 5.91 Å². The average molecular weight is 262 g/mol. The summed E-state index contributed by atoms with van der Waals surface area (Å²) in [5.74, 6) is 1.71. The summed E-state index contributed by atoms with van der Waals surface area (Å²) < 4.78 is 11.2. The highest BCUT2D eigenvalue weighted by Gasteiger charge is 2.30. The molecule has 0 radical (unpaired) electrons. The number of hydrogen-bond donors (Lipinski definition) is 2. The Hall–Kier alpha value is -1.75. The topological polar surface area (TPSA) is 73.6 Å². The molecule has 1 amide bonds. The largest absolute Gasteiger partial charge is 0.485 e. The zero-order chi connectivity index (χ0) is 13.2. The van der Waals surface area contributed by atoms with E-state index >= 15 is 0 Å². The third-order valence-electron chi connectivity index (χ3n) is 3.64. The van der Waals surface area contributed by atoms with E-state index < -0.39 is 6.10 Å². The lowest BCUT2D eigenvalue weighted by Gasteiger charge is -2.33. The zero-order valence-electron chi connectivity index (χ0n) is 10.7. The average Bonchev–Trinajstić information content (AvgIpc) is 2.41. The smallest absolute Gasteiger partial charge is 0.264 e. The van der Waals surface area contributed by atoms with E-state index in [-0.39, 0.29) is 12.5 Å². The van der Waals surface area contributed by atoms with Crippen LogP contribution in [0.5, 0.6) is 11.5 Å². The maximum absolute atomic E-state index is 12.0. The molecule has 1 saturated carbocycles. The van der Waals surface area contributed by atoms with Crippen molar-refractivity contribution in [3.8, 4) is 11.5 Å². The van der Waals surface area contributed by atoms with Crippen molar-refractivity contribution < 1.29 is 14.3 Å². The third-order valence-corrected chi connectivity index (χ3v) is 3.64. The third kappa shape index (κ3) is 2.66. The molecule has 1 aliphatic carbocycles. The van der Waals surface area contributed by atoms with Gasteiger partial charge in [0.25, 0.3) is 5.91 Å². The van der Waals surface area contributed by atoms with Crippen molar-refractivity contribution in [1.82, 2.24) is 5.32 Å². The van der Waals surface area contributed by atoms with Crippen LogP contribution in [0.15, 0.2) is 24.3 Å². The number of nitrogens with two attached hydrogens (primary N) is 1. The van der Waals surface area contributed by atoms with Gasteiger partial charge in [-0.15, -0.1) is 0 Å². The predicted octanol–water partition coefficient (Wildman–Crippen LogP) is 0.680. The van der Waals surface area contributed by atoms with E-state index in [9.17, 15) is 4.79 Å². The normalized spacial score (nSPS) is 28.4. The van der Waals surface area contributed by atoms with Crippen molar-refractivity contribution in [3.63, 3.8) is 0 Å². The molecule has 3 N–H and O–H groups in total. The molecule has 0 saturated heterocycles. The van der Waals surface area contributed by atoms with Gasteiger partial charge in [0.05, 0.1) is 0 Å². The summed E-state index contributed by atoms with van der Waals surface area (Å²) in [4.78, 5) is 12.0. The summed E-state index contributed by atoms with van der Waals surface area (Å²) in [7, 11) is 0. The Morgan fingerprint density at radius 2 is 2.05 bits per heavy atom. The van der Waals surface area contributed by atoms with Gasteiger partial charge in [-0.2, -0.15) is 0 Å². The van der Waals surface area contributed by atoms with Crippen molar-refractivity contribution in [1.29, 1.82) is 0 Å². The number of nitrogens with one attached hydrogen (secondary N) is 1. The number of hydrogen-bond acceptors (Lipinski definition) is 4. The minimum absolute atomic E-state index is 0.116. The van der Waals surface area contributed by atoms with Gasteiger partial charge in [-0.3, -0.25) is 4.79 Å². The highest BCUT2D eigenvalue weighted by Crippen LogP contribution is 2.31. The van der Waals surface area contributed by atoms with Crippen LogP contribution in [-0.2, 0) is 4.79 Å². The molecule has 5 heteroatoms. The molecule has 1 fully saturated rings. The quantitative estimate of drug-likeness (QED) is 0.840. The molecule has 1 aromatic rings. The molecular weight excluding hydrogens is 244 g/mol. The number of rotatable bonds is 3. The van der Waals surface area contributed by atoms with Crippen LogP contribution in [0.1, 0.15) is 12.8 Å². The molecule has 2 aliphatic rings. The summed E-state index contributed by atoms with van der Waals surface area (Å²) in [5.41, 5.74) is 5.71. The Morgan fingerprint density at radius 3 is 2.79 bits per heavy atom. The number of para-hydroxylation sites is 2. The van der Waals surface area contributed by atoms with Gasteiger partial charge >= 0.3 is 0 Å². The summed E-state index contributed by atoms with van der Waals surface area (Å²) in [6.07, 6.45) is 1.42. The van der Waals surface area contributed by atoms with Crippen LogP contribution in [0, 0.1) is 5.92 Å². The van der Waals surface area contributed by atoms with Crippen LogP contribution >= 0.6 is 0 Å². The second-order valence-electron chi connectivity index (χ2n) is 5.21. The molecule has 1 aliphatic heterocycles. The van der Waals surface area contributed by atoms with Gasteiger partial charge in [-0.05, 0) is 30.9 Å². The van der Waals surface area contributed by atoms with E-state index in [1.54, 1.807) is 6.07 Å². The highest BCUT2D eigenvalue weighted by molar-refractivity contribution is 5.81. The number of fused-ring (bicyclic) bond motifs is 1. The maximum atomic E-state index is 12.0. The number of carbonyl (C=O) groups excluding carboxylic acids is 1. The summed E-state index contributed by atoms with van der Waals surface area (Å²) >= 11 is 0. The second kappa shape index (κ2) is 5.09. The molecule has 1 aromatic carbocycles. The molecule has 102 valence electrons. The molecule has 19 heavy (non-hydrogen) atoms. The van der Waals surface area contributed by atoms with E-state index in [2.05, 4.69) is 5.32 Å². The molecule has 3 rings (SSSR count). The standard InChI is InChI=1S/C14H18N2O3/c15-10-5-9(6-10)7-16-14(17)13-8-18-11-3-1-2-4-12(11)19-13/h1-4,9-10,13H,5-8,15H2,(H,16,17). The van der Waals surface area contributed by atoms with Crippen LogP contribution in [0.3, 0.4) is 0 Å². The van der Waals surface area contributed by atoms with Gasteiger partial charge in [0.15, 0.2) is 11.5 Å². The lowest BCUT2D eigenvalue weighted by atomic mass is 9.81. The van der Waals surface area contributed by atoms with Crippen LogP contribution < -0.4 is 20.5 Å². The van der Waals surface area contributed by atoms with E-state index in [1.807, 2.05) is 18.2 Å². The highest BCUT2D eigenvalue weighted by atomic mass is 16.6. The Morgan fingerprint density at radius 1 is 1.32 bits per heavy atom. The van der Waals surface area contributed by atoms with Gasteiger partial charge < -0.3 is 20.5 Å². The minimum atomic E-state index is -0.566. The van der Waals surface area contributed by atoms with Gasteiger partial charge in [0.1, 0.15) is 6.61 Å². The lowest BCUT2D eigenvalue weighted by Crippen LogP contribution is -2.48. The molecule has 0 aromatic heterocycles. The van der Waals surface area contributed by atoms with E-state index in [0.29, 0.717) is 30.0 Å². The summed E-state index contributed by atoms with van der Waals surface area (Å²) in [6.45, 7) is 0.932. The van der Waals surface area contributed by atoms with E-state index in [1.165, 1.54) is 0 Å². The maximum Gasteiger partial charge on any atom is 0.264 e. The van der Waals surface area contributed by atoms with Crippen LogP contribution in [0.2, 0.25) is 0 Å². The van der Waals surface area contributed by atoms with E-state index in [0.717, 1.165) is 12.8 Å². The first-order valence-electron chi connectivity index (χ1n) is 6.64. The lowest BCUT2D eigenvalue weighted by molar-refractivity contribution is -0.130. The first-order valence-corrected chi connectivity index (χ1v) is 6.64. The van der Waals surface area contributed by atoms with Gasteiger partial charge in [-0.1, -0.05) is 12.1 Å². The molecule has 5 nitrogen and oxygen atoms in total. The molecule has 1 unspecified atom stereocenters.